The molecule has 2 fully saturated rings. The zero-order valence-corrected chi connectivity index (χ0v) is 20.9. The van der Waals surface area contributed by atoms with Gasteiger partial charge in [-0.15, -0.1) is 0 Å². The molecule has 9 heteroatoms. The second kappa shape index (κ2) is 10.6. The molecule has 0 aromatic heterocycles. The van der Waals surface area contributed by atoms with Crippen LogP contribution in [0.25, 0.3) is 6.08 Å². The number of nitrogens with one attached hydrogen (secondary N) is 1. The lowest BCUT2D eigenvalue weighted by Gasteiger charge is -2.31. The highest BCUT2D eigenvalue weighted by atomic mass is 79.9. The van der Waals surface area contributed by atoms with Gasteiger partial charge >= 0.3 is 6.03 Å². The Hall–Kier alpha value is -2.84. The van der Waals surface area contributed by atoms with Crippen LogP contribution < -0.4 is 14.8 Å². The molecular formula is C25H24BrClN2O5. The SMILES string of the molecule is CCOc1cc(/C=C2\C(=O)NC(=O)N(C3CCCC3)C2=O)c(Br)cc1OCc1ccc(Cl)cc1. The lowest BCUT2D eigenvalue weighted by atomic mass is 10.0. The van der Waals surface area contributed by atoms with Crippen molar-refractivity contribution >= 4 is 51.5 Å². The smallest absolute Gasteiger partial charge is 0.331 e. The van der Waals surface area contributed by atoms with Crippen molar-refractivity contribution in [2.24, 2.45) is 0 Å². The third-order valence-corrected chi connectivity index (χ3v) is 6.73. The van der Waals surface area contributed by atoms with Crippen molar-refractivity contribution in [3.05, 3.63) is 62.6 Å². The van der Waals surface area contributed by atoms with Gasteiger partial charge in [0.15, 0.2) is 11.5 Å². The number of hydrogen-bond acceptors (Lipinski definition) is 5. The van der Waals surface area contributed by atoms with E-state index >= 15 is 0 Å². The van der Waals surface area contributed by atoms with Crippen molar-refractivity contribution in [3.8, 4) is 11.5 Å². The number of rotatable bonds is 7. The summed E-state index contributed by atoms with van der Waals surface area (Å²) in [5.41, 5.74) is 1.40. The van der Waals surface area contributed by atoms with E-state index in [-0.39, 0.29) is 11.6 Å². The predicted octanol–water partition coefficient (Wildman–Crippen LogP) is 5.48. The van der Waals surface area contributed by atoms with E-state index in [1.54, 1.807) is 24.3 Å². The number of ether oxygens (including phenoxy) is 2. The van der Waals surface area contributed by atoms with Crippen LogP contribution >= 0.6 is 27.5 Å². The van der Waals surface area contributed by atoms with Crippen LogP contribution in [0.1, 0.15) is 43.7 Å². The molecule has 0 radical (unpaired) electrons. The third-order valence-electron chi connectivity index (χ3n) is 5.79. The average molecular weight is 548 g/mol. The number of carbonyl (C=O) groups excluding carboxylic acids is 3. The molecule has 1 saturated heterocycles. The van der Waals surface area contributed by atoms with Crippen molar-refractivity contribution in [2.45, 2.75) is 45.3 Å². The van der Waals surface area contributed by atoms with Crippen LogP contribution in [0.15, 0.2) is 46.4 Å². The van der Waals surface area contributed by atoms with Gasteiger partial charge in [0, 0.05) is 15.5 Å². The van der Waals surface area contributed by atoms with Crippen LogP contribution in [-0.2, 0) is 16.2 Å². The summed E-state index contributed by atoms with van der Waals surface area (Å²) in [6, 6.07) is 9.94. The fourth-order valence-electron chi connectivity index (χ4n) is 4.10. The number of hydrogen-bond donors (Lipinski definition) is 1. The monoisotopic (exact) mass is 546 g/mol. The fraction of sp³-hybridized carbons (Fsp3) is 0.320. The third kappa shape index (κ3) is 5.28. The number of nitrogens with zero attached hydrogens (tertiary/aromatic N) is 1. The Morgan fingerprint density at radius 3 is 2.44 bits per heavy atom. The van der Waals surface area contributed by atoms with Crippen LogP contribution in [-0.4, -0.2) is 35.4 Å². The molecule has 2 aromatic carbocycles. The first-order valence-corrected chi connectivity index (χ1v) is 12.3. The Morgan fingerprint density at radius 2 is 1.76 bits per heavy atom. The maximum Gasteiger partial charge on any atom is 0.331 e. The normalized spacial score (nSPS) is 17.9. The molecule has 4 rings (SSSR count). The quantitative estimate of drug-likeness (QED) is 0.366. The first kappa shape index (κ1) is 24.3. The Balaban J connectivity index is 1.62. The van der Waals surface area contributed by atoms with Gasteiger partial charge in [0.05, 0.1) is 6.61 Å². The minimum Gasteiger partial charge on any atom is -0.490 e. The summed E-state index contributed by atoms with van der Waals surface area (Å²) in [5.74, 6) is -0.308. The van der Waals surface area contributed by atoms with E-state index in [9.17, 15) is 14.4 Å². The molecule has 34 heavy (non-hydrogen) atoms. The predicted molar refractivity (Wildman–Crippen MR) is 132 cm³/mol. The second-order valence-corrected chi connectivity index (χ2v) is 9.39. The minimum atomic E-state index is -0.711. The number of barbiturate groups is 1. The van der Waals surface area contributed by atoms with E-state index in [0.29, 0.717) is 39.8 Å². The molecule has 1 heterocycles. The van der Waals surface area contributed by atoms with Crippen molar-refractivity contribution in [3.63, 3.8) is 0 Å². The van der Waals surface area contributed by atoms with Gasteiger partial charge in [-0.25, -0.2) is 4.79 Å². The van der Waals surface area contributed by atoms with Crippen LogP contribution in [0.5, 0.6) is 11.5 Å². The molecule has 178 valence electrons. The molecule has 0 bridgehead atoms. The van der Waals surface area contributed by atoms with Crippen molar-refractivity contribution in [1.82, 2.24) is 10.2 Å². The first-order valence-electron chi connectivity index (χ1n) is 11.1. The van der Waals surface area contributed by atoms with Crippen LogP contribution in [0.4, 0.5) is 4.79 Å². The first-order chi connectivity index (χ1) is 16.4. The van der Waals surface area contributed by atoms with E-state index in [4.69, 9.17) is 21.1 Å². The van der Waals surface area contributed by atoms with E-state index in [0.717, 1.165) is 31.2 Å². The molecule has 0 spiro atoms. The number of amides is 4. The zero-order valence-electron chi connectivity index (χ0n) is 18.6. The molecule has 1 saturated carbocycles. The molecule has 0 atom stereocenters. The topological polar surface area (TPSA) is 84.9 Å². The van der Waals surface area contributed by atoms with Gasteiger partial charge in [-0.3, -0.25) is 19.8 Å². The number of benzene rings is 2. The van der Waals surface area contributed by atoms with Crippen molar-refractivity contribution in [2.75, 3.05) is 6.61 Å². The molecule has 7 nitrogen and oxygen atoms in total. The standard InChI is InChI=1S/C25H24BrClN2O5/c1-2-33-21-12-16(20(26)13-22(21)34-14-15-7-9-17(27)10-8-15)11-19-23(30)28-25(32)29(24(19)31)18-5-3-4-6-18/h7-13,18H,2-6,14H2,1H3,(H,28,30,32)/b19-11+. The second-order valence-electron chi connectivity index (χ2n) is 8.10. The van der Waals surface area contributed by atoms with Gasteiger partial charge in [0.25, 0.3) is 11.8 Å². The molecule has 2 aliphatic rings. The minimum absolute atomic E-state index is 0.0931. The van der Waals surface area contributed by atoms with E-state index < -0.39 is 17.8 Å². The van der Waals surface area contributed by atoms with Gasteiger partial charge < -0.3 is 9.47 Å². The summed E-state index contributed by atoms with van der Waals surface area (Å²) in [4.78, 5) is 39.2. The number of imide groups is 2. The van der Waals surface area contributed by atoms with Crippen molar-refractivity contribution in [1.29, 1.82) is 0 Å². The van der Waals surface area contributed by atoms with Crippen LogP contribution in [0.3, 0.4) is 0 Å². The molecule has 1 aliphatic heterocycles. The van der Waals surface area contributed by atoms with E-state index in [2.05, 4.69) is 21.2 Å². The molecular weight excluding hydrogens is 524 g/mol. The molecule has 4 amide bonds. The molecule has 0 unspecified atom stereocenters. The maximum absolute atomic E-state index is 13.1. The van der Waals surface area contributed by atoms with Gasteiger partial charge in [0.1, 0.15) is 12.2 Å². The lowest BCUT2D eigenvalue weighted by Crippen LogP contribution is -2.57. The Bertz CT molecular complexity index is 1140. The van der Waals surface area contributed by atoms with Crippen LogP contribution in [0, 0.1) is 0 Å². The maximum atomic E-state index is 13.1. The summed E-state index contributed by atoms with van der Waals surface area (Å²) in [7, 11) is 0. The summed E-state index contributed by atoms with van der Waals surface area (Å²) in [5, 5.41) is 2.94. The number of halogens is 2. The molecule has 2 aromatic rings. The molecule has 1 N–H and O–H groups in total. The summed E-state index contributed by atoms with van der Waals surface area (Å²) >= 11 is 9.45. The highest BCUT2D eigenvalue weighted by Gasteiger charge is 2.40. The Labute approximate surface area is 211 Å². The van der Waals surface area contributed by atoms with Crippen LogP contribution in [0.2, 0.25) is 5.02 Å². The Morgan fingerprint density at radius 1 is 1.09 bits per heavy atom. The largest absolute Gasteiger partial charge is 0.490 e. The highest BCUT2D eigenvalue weighted by molar-refractivity contribution is 9.10. The van der Waals surface area contributed by atoms with E-state index in [1.165, 1.54) is 11.0 Å². The van der Waals surface area contributed by atoms with E-state index in [1.807, 2.05) is 19.1 Å². The summed E-state index contributed by atoms with van der Waals surface area (Å²) in [6.07, 6.45) is 4.88. The summed E-state index contributed by atoms with van der Waals surface area (Å²) < 4.78 is 12.3. The lowest BCUT2D eigenvalue weighted by molar-refractivity contribution is -0.131. The van der Waals surface area contributed by atoms with Crippen molar-refractivity contribution < 1.29 is 23.9 Å². The summed E-state index contributed by atoms with van der Waals surface area (Å²) in [6.45, 7) is 2.56. The number of carbonyl (C=O) groups is 3. The van der Waals surface area contributed by atoms with Gasteiger partial charge in [-0.05, 0) is 61.2 Å². The highest BCUT2D eigenvalue weighted by Crippen LogP contribution is 2.36. The van der Waals surface area contributed by atoms with Gasteiger partial charge in [0.2, 0.25) is 0 Å². The Kier molecular flexibility index (Phi) is 7.58. The van der Waals surface area contributed by atoms with Gasteiger partial charge in [-0.2, -0.15) is 0 Å². The number of urea groups is 1. The molecule has 1 aliphatic carbocycles. The zero-order chi connectivity index (χ0) is 24.2. The van der Waals surface area contributed by atoms with Gasteiger partial charge in [-0.1, -0.05) is 52.5 Å². The average Bonchev–Trinajstić information content (AvgIpc) is 3.32. The fourth-order valence-corrected chi connectivity index (χ4v) is 4.67.